The van der Waals surface area contributed by atoms with Crippen LogP contribution in [0.4, 0.5) is 0 Å². The van der Waals surface area contributed by atoms with E-state index in [0.717, 1.165) is 11.1 Å². The number of nitriles is 1. The fourth-order valence-corrected chi connectivity index (χ4v) is 4.01. The van der Waals surface area contributed by atoms with Crippen LogP contribution in [0.1, 0.15) is 65.5 Å². The van der Waals surface area contributed by atoms with Crippen LogP contribution in [0.5, 0.6) is 5.75 Å². The van der Waals surface area contributed by atoms with Gasteiger partial charge in [-0.15, -0.1) is 0 Å². The second-order valence-electron chi connectivity index (χ2n) is 7.93. The van der Waals surface area contributed by atoms with Gasteiger partial charge >= 0.3 is 0 Å². The summed E-state index contributed by atoms with van der Waals surface area (Å²) >= 11 is 0. The zero-order valence-electron chi connectivity index (χ0n) is 15.7. The predicted octanol–water partition coefficient (Wildman–Crippen LogP) is 3.31. The molecule has 5 nitrogen and oxygen atoms in total. The lowest BCUT2D eigenvalue weighted by molar-refractivity contribution is -0.114. The predicted molar refractivity (Wildman–Crippen MR) is 104 cm³/mol. The molecule has 5 heteroatoms. The Hall–Kier alpha value is -2.39. The molecule has 4 rings (SSSR count). The lowest BCUT2D eigenvalue weighted by atomic mass is 9.91. The van der Waals surface area contributed by atoms with Crippen LogP contribution >= 0.6 is 0 Å². The van der Waals surface area contributed by atoms with E-state index in [9.17, 15) is 20.6 Å². The molecular weight excluding hydrogens is 354 g/mol. The molecule has 1 saturated carbocycles. The third kappa shape index (κ3) is 4.05. The van der Waals surface area contributed by atoms with Gasteiger partial charge < -0.3 is 20.1 Å². The van der Waals surface area contributed by atoms with Crippen LogP contribution in [-0.2, 0) is 11.2 Å². The summed E-state index contributed by atoms with van der Waals surface area (Å²) in [5.41, 5.74) is 4.28. The number of phenolic OH excluding ortho intramolecular Hbond substituents is 1. The van der Waals surface area contributed by atoms with Gasteiger partial charge in [0.05, 0.1) is 36.6 Å². The SMILES string of the molecule is N#Cc1cc(O)c(C2CC(O)CC(CO)O2)cc1Cc1ccc(C2CC2)cc1. The zero-order valence-corrected chi connectivity index (χ0v) is 15.7. The molecule has 1 aliphatic carbocycles. The molecule has 3 atom stereocenters. The fourth-order valence-electron chi connectivity index (χ4n) is 4.01. The lowest BCUT2D eigenvalue weighted by Gasteiger charge is -2.33. The third-order valence-electron chi connectivity index (χ3n) is 5.72. The number of benzene rings is 2. The van der Waals surface area contributed by atoms with E-state index in [1.54, 1.807) is 6.07 Å². The molecule has 2 aliphatic rings. The van der Waals surface area contributed by atoms with Crippen LogP contribution in [0.25, 0.3) is 0 Å². The molecule has 3 unspecified atom stereocenters. The van der Waals surface area contributed by atoms with Crippen LogP contribution in [0.3, 0.4) is 0 Å². The first-order valence-corrected chi connectivity index (χ1v) is 9.86. The monoisotopic (exact) mass is 379 g/mol. The Labute approximate surface area is 164 Å². The Kier molecular flexibility index (Phi) is 5.36. The van der Waals surface area contributed by atoms with Gasteiger partial charge in [-0.2, -0.15) is 5.26 Å². The van der Waals surface area contributed by atoms with Crippen molar-refractivity contribution >= 4 is 0 Å². The standard InChI is InChI=1S/C23H25NO4/c24-12-18-9-22(27)21(23-11-19(26)10-20(13-25)28-23)8-17(18)7-14-1-3-15(4-2-14)16-5-6-16/h1-4,8-9,16,19-20,23,25-27H,5-7,10-11,13H2. The van der Waals surface area contributed by atoms with Gasteiger partial charge in [0, 0.05) is 18.4 Å². The minimum atomic E-state index is -0.593. The van der Waals surface area contributed by atoms with Crippen molar-refractivity contribution in [3.05, 3.63) is 64.2 Å². The van der Waals surface area contributed by atoms with E-state index >= 15 is 0 Å². The summed E-state index contributed by atoms with van der Waals surface area (Å²) in [4.78, 5) is 0. The van der Waals surface area contributed by atoms with Crippen molar-refractivity contribution in [1.29, 1.82) is 5.26 Å². The van der Waals surface area contributed by atoms with Gasteiger partial charge in [-0.1, -0.05) is 24.3 Å². The van der Waals surface area contributed by atoms with E-state index in [2.05, 4.69) is 30.3 Å². The Balaban J connectivity index is 1.61. The Morgan fingerprint density at radius 3 is 2.50 bits per heavy atom. The Morgan fingerprint density at radius 2 is 1.86 bits per heavy atom. The molecule has 0 amide bonds. The largest absolute Gasteiger partial charge is 0.508 e. The second kappa shape index (κ2) is 7.92. The van der Waals surface area contributed by atoms with Crippen molar-refractivity contribution in [3.8, 4) is 11.8 Å². The second-order valence-corrected chi connectivity index (χ2v) is 7.93. The first kappa shape index (κ1) is 18.9. The topological polar surface area (TPSA) is 93.7 Å². The molecule has 0 aromatic heterocycles. The van der Waals surface area contributed by atoms with E-state index in [4.69, 9.17) is 4.74 Å². The molecule has 146 valence electrons. The van der Waals surface area contributed by atoms with Gasteiger partial charge in [0.15, 0.2) is 0 Å². The van der Waals surface area contributed by atoms with Crippen molar-refractivity contribution in [2.24, 2.45) is 0 Å². The zero-order chi connectivity index (χ0) is 19.7. The van der Waals surface area contributed by atoms with Crippen LogP contribution < -0.4 is 0 Å². The molecule has 0 bridgehead atoms. The first-order chi connectivity index (χ1) is 13.6. The average Bonchev–Trinajstić information content (AvgIpc) is 3.54. The average molecular weight is 379 g/mol. The molecular formula is C23H25NO4. The molecule has 1 heterocycles. The maximum Gasteiger partial charge on any atom is 0.122 e. The number of hydrogen-bond donors (Lipinski definition) is 3. The third-order valence-corrected chi connectivity index (χ3v) is 5.72. The molecule has 2 aromatic carbocycles. The summed E-state index contributed by atoms with van der Waals surface area (Å²) in [5, 5.41) is 39.4. The van der Waals surface area contributed by atoms with Gasteiger partial charge in [-0.3, -0.25) is 0 Å². The van der Waals surface area contributed by atoms with Gasteiger partial charge in [0.1, 0.15) is 5.75 Å². The first-order valence-electron chi connectivity index (χ1n) is 9.86. The van der Waals surface area contributed by atoms with Crippen molar-refractivity contribution in [3.63, 3.8) is 0 Å². The van der Waals surface area contributed by atoms with Crippen LogP contribution in [0.15, 0.2) is 36.4 Å². The fraction of sp³-hybridized carbons (Fsp3) is 0.435. The van der Waals surface area contributed by atoms with Crippen molar-refractivity contribution in [2.75, 3.05) is 6.61 Å². The summed E-state index contributed by atoms with van der Waals surface area (Å²) in [7, 11) is 0. The van der Waals surface area contributed by atoms with Crippen LogP contribution in [0.2, 0.25) is 0 Å². The molecule has 1 saturated heterocycles. The summed E-state index contributed by atoms with van der Waals surface area (Å²) in [6, 6.07) is 14.0. The van der Waals surface area contributed by atoms with Crippen LogP contribution in [-0.4, -0.2) is 34.1 Å². The van der Waals surface area contributed by atoms with Gasteiger partial charge in [-0.05, 0) is 54.0 Å². The maximum absolute atomic E-state index is 10.4. The molecule has 1 aliphatic heterocycles. The number of nitrogens with zero attached hydrogens (tertiary/aromatic N) is 1. The number of aliphatic hydroxyl groups is 2. The van der Waals surface area contributed by atoms with Crippen molar-refractivity contribution in [2.45, 2.75) is 56.3 Å². The molecule has 0 radical (unpaired) electrons. The number of aliphatic hydroxyl groups excluding tert-OH is 2. The van der Waals surface area contributed by atoms with E-state index in [-0.39, 0.29) is 12.4 Å². The summed E-state index contributed by atoms with van der Waals surface area (Å²) < 4.78 is 5.85. The van der Waals surface area contributed by atoms with E-state index in [1.165, 1.54) is 24.5 Å². The smallest absolute Gasteiger partial charge is 0.122 e. The highest BCUT2D eigenvalue weighted by Crippen LogP contribution is 2.40. The van der Waals surface area contributed by atoms with Gasteiger partial charge in [0.2, 0.25) is 0 Å². The summed E-state index contributed by atoms with van der Waals surface area (Å²) in [6.07, 6.45) is 2.29. The highest BCUT2D eigenvalue weighted by molar-refractivity contribution is 5.50. The van der Waals surface area contributed by atoms with Gasteiger partial charge in [-0.25, -0.2) is 0 Å². The highest BCUT2D eigenvalue weighted by atomic mass is 16.5. The molecule has 3 N–H and O–H groups in total. The van der Waals surface area contributed by atoms with Crippen molar-refractivity contribution in [1.82, 2.24) is 0 Å². The molecule has 28 heavy (non-hydrogen) atoms. The minimum absolute atomic E-state index is 0.0137. The van der Waals surface area contributed by atoms with Crippen LogP contribution in [0, 0.1) is 11.3 Å². The summed E-state index contributed by atoms with van der Waals surface area (Å²) in [6.45, 7) is -0.176. The molecule has 2 aromatic rings. The Morgan fingerprint density at radius 1 is 1.11 bits per heavy atom. The normalized spacial score (nSPS) is 24.7. The number of aromatic hydroxyl groups is 1. The molecule has 2 fully saturated rings. The highest BCUT2D eigenvalue weighted by Gasteiger charge is 2.31. The van der Waals surface area contributed by atoms with Crippen molar-refractivity contribution < 1.29 is 20.1 Å². The molecule has 0 spiro atoms. The number of ether oxygens (including phenoxy) is 1. The van der Waals surface area contributed by atoms with E-state index in [0.29, 0.717) is 36.3 Å². The Bertz CT molecular complexity index is 883. The van der Waals surface area contributed by atoms with Gasteiger partial charge in [0.25, 0.3) is 0 Å². The lowest BCUT2D eigenvalue weighted by Crippen LogP contribution is -2.33. The minimum Gasteiger partial charge on any atom is -0.508 e. The number of rotatable bonds is 5. The number of phenols is 1. The van der Waals surface area contributed by atoms with E-state index in [1.807, 2.05) is 0 Å². The summed E-state index contributed by atoms with van der Waals surface area (Å²) in [5.74, 6) is 0.693. The maximum atomic E-state index is 10.4. The number of hydrogen-bond acceptors (Lipinski definition) is 5. The quantitative estimate of drug-likeness (QED) is 0.741. The van der Waals surface area contributed by atoms with E-state index < -0.39 is 18.3 Å².